The number of fused-ring (bicyclic) bond motifs is 2. The maximum Gasteiger partial charge on any atom is 0.308 e. The SMILES string of the molecule is COc1ccc(NC(=O)Cn2c3c(sc2=O)C(c2ccc(OC)cc2)C2C(=O)N(c4ccc(Cl)cc4)C(=O)C2S3)cc1. The third-order valence-electron chi connectivity index (χ3n) is 7.28. The molecule has 3 aromatic carbocycles. The highest BCUT2D eigenvalue weighted by Crippen LogP contribution is 2.54. The molecule has 6 rings (SSSR count). The van der Waals surface area contributed by atoms with Crippen LogP contribution in [-0.2, 0) is 20.9 Å². The zero-order valence-corrected chi connectivity index (χ0v) is 24.8. The van der Waals surface area contributed by atoms with Crippen molar-refractivity contribution in [3.05, 3.63) is 97.9 Å². The Labute approximate surface area is 254 Å². The molecule has 12 heteroatoms. The van der Waals surface area contributed by atoms with Crippen molar-refractivity contribution in [3.8, 4) is 11.5 Å². The second-order valence-electron chi connectivity index (χ2n) is 9.70. The molecule has 0 bridgehead atoms. The Hall–Kier alpha value is -4.06. The zero-order chi connectivity index (χ0) is 29.5. The molecule has 0 aliphatic carbocycles. The van der Waals surface area contributed by atoms with E-state index in [2.05, 4.69) is 5.32 Å². The zero-order valence-electron chi connectivity index (χ0n) is 22.4. The average molecular weight is 622 g/mol. The van der Waals surface area contributed by atoms with Gasteiger partial charge in [0.2, 0.25) is 17.7 Å². The van der Waals surface area contributed by atoms with Crippen LogP contribution in [0.15, 0.2) is 82.6 Å². The van der Waals surface area contributed by atoms with E-state index in [1.165, 1.54) is 9.47 Å². The van der Waals surface area contributed by atoms with Crippen LogP contribution in [-0.4, -0.2) is 41.8 Å². The largest absolute Gasteiger partial charge is 0.497 e. The standard InChI is InChI=1S/C30H24ClN3O6S2/c1-39-20-11-3-16(4-12-20)23-24-25(28(37)34(27(24)36)19-9-5-17(31)6-10-19)41-29-26(23)42-30(38)33(29)15-22(35)32-18-7-13-21(40-2)14-8-18/h3-14,23-25H,15H2,1-2H3,(H,32,35). The van der Waals surface area contributed by atoms with Crippen LogP contribution in [0.1, 0.15) is 16.4 Å². The van der Waals surface area contributed by atoms with Crippen LogP contribution < -0.4 is 24.6 Å². The number of nitrogens with zero attached hydrogens (tertiary/aromatic N) is 2. The number of amides is 3. The van der Waals surface area contributed by atoms with Gasteiger partial charge < -0.3 is 14.8 Å². The number of thiazole rings is 1. The van der Waals surface area contributed by atoms with Crippen LogP contribution in [0.5, 0.6) is 11.5 Å². The highest BCUT2D eigenvalue weighted by molar-refractivity contribution is 8.00. The van der Waals surface area contributed by atoms with E-state index in [-0.39, 0.29) is 23.2 Å². The molecule has 3 atom stereocenters. The highest BCUT2D eigenvalue weighted by atomic mass is 35.5. The van der Waals surface area contributed by atoms with E-state index in [0.29, 0.717) is 37.8 Å². The lowest BCUT2D eigenvalue weighted by atomic mass is 9.83. The molecule has 3 amide bonds. The summed E-state index contributed by atoms with van der Waals surface area (Å²) in [4.78, 5) is 55.6. The van der Waals surface area contributed by atoms with Gasteiger partial charge in [0.15, 0.2) is 0 Å². The van der Waals surface area contributed by atoms with Gasteiger partial charge in [-0.15, -0.1) is 0 Å². The number of hydrogen-bond donors (Lipinski definition) is 1. The van der Waals surface area contributed by atoms with E-state index in [1.54, 1.807) is 74.9 Å². The van der Waals surface area contributed by atoms with Gasteiger partial charge in [-0.25, -0.2) is 4.90 Å². The fourth-order valence-electron chi connectivity index (χ4n) is 5.29. The second-order valence-corrected chi connectivity index (χ2v) is 12.3. The molecular formula is C30H24ClN3O6S2. The maximum absolute atomic E-state index is 14.0. The number of carbonyl (C=O) groups excluding carboxylic acids is 3. The summed E-state index contributed by atoms with van der Waals surface area (Å²) < 4.78 is 11.9. The first-order valence-corrected chi connectivity index (χ1v) is 15.0. The minimum atomic E-state index is -0.794. The maximum atomic E-state index is 14.0. The van der Waals surface area contributed by atoms with Crippen LogP contribution in [0.3, 0.4) is 0 Å². The molecule has 3 unspecified atom stereocenters. The van der Waals surface area contributed by atoms with Crippen molar-refractivity contribution in [3.63, 3.8) is 0 Å². The fraction of sp³-hybridized carbons (Fsp3) is 0.200. The first-order chi connectivity index (χ1) is 20.3. The molecule has 4 aromatic rings. The Balaban J connectivity index is 1.38. The van der Waals surface area contributed by atoms with Crippen molar-refractivity contribution in [1.29, 1.82) is 0 Å². The number of ether oxygens (including phenoxy) is 2. The van der Waals surface area contributed by atoms with Crippen molar-refractivity contribution >= 4 is 63.8 Å². The number of nitrogens with one attached hydrogen (secondary N) is 1. The lowest BCUT2D eigenvalue weighted by Crippen LogP contribution is -2.33. The molecule has 9 nitrogen and oxygen atoms in total. The van der Waals surface area contributed by atoms with E-state index < -0.39 is 23.0 Å². The number of benzene rings is 3. The van der Waals surface area contributed by atoms with Crippen molar-refractivity contribution in [1.82, 2.24) is 4.57 Å². The number of anilines is 2. The molecule has 2 aliphatic heterocycles. The van der Waals surface area contributed by atoms with Crippen LogP contribution in [0.2, 0.25) is 5.02 Å². The summed E-state index contributed by atoms with van der Waals surface area (Å²) in [6.07, 6.45) is 0. The summed E-state index contributed by atoms with van der Waals surface area (Å²) in [6, 6.07) is 20.6. The van der Waals surface area contributed by atoms with Gasteiger partial charge in [-0.05, 0) is 66.2 Å². The number of imide groups is 1. The second kappa shape index (κ2) is 11.3. The Morgan fingerprint density at radius 1 is 0.881 bits per heavy atom. The first kappa shape index (κ1) is 28.1. The monoisotopic (exact) mass is 621 g/mol. The van der Waals surface area contributed by atoms with Crippen LogP contribution in [0, 0.1) is 5.92 Å². The van der Waals surface area contributed by atoms with Gasteiger partial charge >= 0.3 is 4.87 Å². The number of aromatic nitrogens is 1. The van der Waals surface area contributed by atoms with Gasteiger partial charge in [0.05, 0.1) is 30.9 Å². The number of hydrogen-bond acceptors (Lipinski definition) is 8. The molecule has 1 fully saturated rings. The van der Waals surface area contributed by atoms with E-state index in [1.807, 2.05) is 12.1 Å². The van der Waals surface area contributed by atoms with Gasteiger partial charge in [-0.3, -0.25) is 23.7 Å². The summed E-state index contributed by atoms with van der Waals surface area (Å²) in [5.41, 5.74) is 1.75. The molecule has 1 aromatic heterocycles. The number of methoxy groups -OCH3 is 2. The number of carbonyl (C=O) groups is 3. The quantitative estimate of drug-likeness (QED) is 0.289. The smallest absolute Gasteiger partial charge is 0.308 e. The molecule has 42 heavy (non-hydrogen) atoms. The van der Waals surface area contributed by atoms with Gasteiger partial charge in [-0.2, -0.15) is 0 Å². The van der Waals surface area contributed by atoms with Crippen molar-refractivity contribution < 1.29 is 23.9 Å². The number of halogens is 1. The summed E-state index contributed by atoms with van der Waals surface area (Å²) in [6.45, 7) is -0.251. The summed E-state index contributed by atoms with van der Waals surface area (Å²) in [5.74, 6) is -1.17. The molecule has 0 spiro atoms. The third-order valence-corrected chi connectivity index (χ3v) is 10.1. The van der Waals surface area contributed by atoms with E-state index >= 15 is 0 Å². The topological polar surface area (TPSA) is 107 Å². The van der Waals surface area contributed by atoms with Gasteiger partial charge in [0.25, 0.3) is 0 Å². The van der Waals surface area contributed by atoms with Crippen LogP contribution in [0.4, 0.5) is 11.4 Å². The summed E-state index contributed by atoms with van der Waals surface area (Å²) in [5, 5.41) is 3.01. The summed E-state index contributed by atoms with van der Waals surface area (Å²) in [7, 11) is 3.12. The van der Waals surface area contributed by atoms with Gasteiger partial charge in [-0.1, -0.05) is 46.8 Å². The minimum absolute atomic E-state index is 0.251. The highest BCUT2D eigenvalue weighted by Gasteiger charge is 2.56. The Bertz CT molecular complexity index is 1730. The Kier molecular flexibility index (Phi) is 7.56. The van der Waals surface area contributed by atoms with E-state index in [4.69, 9.17) is 21.1 Å². The Morgan fingerprint density at radius 2 is 1.50 bits per heavy atom. The lowest BCUT2D eigenvalue weighted by molar-refractivity contribution is -0.122. The molecule has 1 N–H and O–H groups in total. The van der Waals surface area contributed by atoms with Gasteiger partial charge in [0.1, 0.15) is 23.3 Å². The predicted octanol–water partition coefficient (Wildman–Crippen LogP) is 5.01. The Morgan fingerprint density at radius 3 is 2.12 bits per heavy atom. The fourth-order valence-corrected chi connectivity index (χ4v) is 8.19. The van der Waals surface area contributed by atoms with E-state index in [9.17, 15) is 19.2 Å². The van der Waals surface area contributed by atoms with E-state index in [0.717, 1.165) is 28.7 Å². The molecule has 0 radical (unpaired) electrons. The molecule has 0 saturated carbocycles. The summed E-state index contributed by atoms with van der Waals surface area (Å²) >= 11 is 8.21. The molecular weight excluding hydrogens is 598 g/mol. The van der Waals surface area contributed by atoms with Gasteiger partial charge in [0, 0.05) is 21.5 Å². The number of rotatable bonds is 7. The molecule has 214 valence electrons. The van der Waals surface area contributed by atoms with Crippen molar-refractivity contribution in [2.75, 3.05) is 24.4 Å². The average Bonchev–Trinajstić information content (AvgIpc) is 3.44. The normalized spacial score (nSPS) is 19.3. The van der Waals surface area contributed by atoms with Crippen molar-refractivity contribution in [2.24, 2.45) is 5.92 Å². The molecule has 1 saturated heterocycles. The predicted molar refractivity (Wildman–Crippen MR) is 162 cm³/mol. The third kappa shape index (κ3) is 4.97. The van der Waals surface area contributed by atoms with Crippen LogP contribution in [0.25, 0.3) is 0 Å². The lowest BCUT2D eigenvalue weighted by Gasteiger charge is -2.30. The first-order valence-electron chi connectivity index (χ1n) is 12.9. The molecule has 3 heterocycles. The number of thioether (sulfide) groups is 1. The van der Waals surface area contributed by atoms with Crippen molar-refractivity contribution in [2.45, 2.75) is 22.7 Å². The molecule has 2 aliphatic rings. The van der Waals surface area contributed by atoms with Crippen LogP contribution >= 0.6 is 34.7 Å². The minimum Gasteiger partial charge on any atom is -0.497 e.